The molecule has 0 atom stereocenters. The van der Waals surface area contributed by atoms with Crippen LogP contribution in [0.3, 0.4) is 0 Å². The summed E-state index contributed by atoms with van der Waals surface area (Å²) in [6.07, 6.45) is -4.58. The van der Waals surface area contributed by atoms with E-state index in [0.29, 0.717) is 12.6 Å². The first-order chi connectivity index (χ1) is 8.71. The molecule has 19 heavy (non-hydrogen) atoms. The average Bonchev–Trinajstić information content (AvgIpc) is 2.27. The summed E-state index contributed by atoms with van der Waals surface area (Å²) in [5, 5.41) is 8.91. The number of ether oxygens (including phenoxy) is 1. The van der Waals surface area contributed by atoms with Crippen molar-refractivity contribution in [1.82, 2.24) is 4.90 Å². The summed E-state index contributed by atoms with van der Waals surface area (Å²) >= 11 is 0. The zero-order valence-corrected chi connectivity index (χ0v) is 10.5. The number of carboxylic acids is 1. The summed E-state index contributed by atoms with van der Waals surface area (Å²) in [5.74, 6) is -1.52. The van der Waals surface area contributed by atoms with Crippen LogP contribution in [-0.2, 0) is 6.18 Å². The van der Waals surface area contributed by atoms with Crippen LogP contribution in [0.15, 0.2) is 18.2 Å². The smallest absolute Gasteiger partial charge is 0.416 e. The van der Waals surface area contributed by atoms with Gasteiger partial charge in [0.15, 0.2) is 0 Å². The molecule has 0 amide bonds. The molecule has 0 saturated carbocycles. The second-order valence-electron chi connectivity index (χ2n) is 4.17. The molecule has 0 radical (unpaired) electrons. The molecule has 1 rings (SSSR count). The highest BCUT2D eigenvalue weighted by Crippen LogP contribution is 2.32. The molecular weight excluding hydrogens is 263 g/mol. The first-order valence-electron chi connectivity index (χ1n) is 5.44. The van der Waals surface area contributed by atoms with E-state index in [4.69, 9.17) is 9.84 Å². The van der Waals surface area contributed by atoms with Crippen molar-refractivity contribution in [2.75, 3.05) is 27.2 Å². The Kier molecular flexibility index (Phi) is 4.77. The fraction of sp³-hybridized carbons (Fsp3) is 0.417. The third-order valence-electron chi connectivity index (χ3n) is 2.33. The van der Waals surface area contributed by atoms with Gasteiger partial charge in [0.1, 0.15) is 17.9 Å². The number of halogens is 3. The lowest BCUT2D eigenvalue weighted by molar-refractivity contribution is -0.137. The molecule has 1 aromatic carbocycles. The first-order valence-corrected chi connectivity index (χ1v) is 5.44. The van der Waals surface area contributed by atoms with E-state index >= 15 is 0 Å². The molecule has 0 fully saturated rings. The van der Waals surface area contributed by atoms with Gasteiger partial charge in [-0.25, -0.2) is 4.79 Å². The van der Waals surface area contributed by atoms with Crippen molar-refractivity contribution >= 4 is 5.97 Å². The van der Waals surface area contributed by atoms with Gasteiger partial charge in [-0.2, -0.15) is 13.2 Å². The maximum atomic E-state index is 12.5. The number of benzene rings is 1. The molecule has 1 aromatic rings. The number of likely N-dealkylation sites (N-methyl/N-ethyl adjacent to an activating group) is 1. The van der Waals surface area contributed by atoms with Crippen LogP contribution >= 0.6 is 0 Å². The topological polar surface area (TPSA) is 49.8 Å². The van der Waals surface area contributed by atoms with E-state index in [1.54, 1.807) is 14.1 Å². The molecular formula is C12H14F3NO3. The van der Waals surface area contributed by atoms with Gasteiger partial charge in [0.05, 0.1) is 5.56 Å². The zero-order valence-electron chi connectivity index (χ0n) is 10.5. The number of aromatic carboxylic acids is 1. The lowest BCUT2D eigenvalue weighted by Gasteiger charge is -2.14. The number of alkyl halides is 3. The lowest BCUT2D eigenvalue weighted by atomic mass is 10.1. The Balaban J connectivity index is 2.96. The van der Waals surface area contributed by atoms with Gasteiger partial charge in [-0.05, 0) is 32.3 Å². The zero-order chi connectivity index (χ0) is 14.6. The van der Waals surface area contributed by atoms with Crippen LogP contribution in [-0.4, -0.2) is 43.2 Å². The summed E-state index contributed by atoms with van der Waals surface area (Å²) in [6.45, 7) is 0.721. The van der Waals surface area contributed by atoms with Crippen molar-refractivity contribution in [3.05, 3.63) is 29.3 Å². The molecule has 0 saturated heterocycles. The summed E-state index contributed by atoms with van der Waals surface area (Å²) in [5.41, 5.74) is -1.50. The Labute approximate surface area is 108 Å². The Morgan fingerprint density at radius 3 is 2.47 bits per heavy atom. The van der Waals surface area contributed by atoms with Crippen molar-refractivity contribution in [2.24, 2.45) is 0 Å². The summed E-state index contributed by atoms with van der Waals surface area (Å²) in [6, 6.07) is 2.41. The van der Waals surface area contributed by atoms with Crippen molar-refractivity contribution in [2.45, 2.75) is 6.18 Å². The van der Waals surface area contributed by atoms with Gasteiger partial charge in [-0.3, -0.25) is 0 Å². The number of carboxylic acid groups (broad SMARTS) is 1. The molecule has 0 bridgehead atoms. The van der Waals surface area contributed by atoms with E-state index in [0.717, 1.165) is 12.1 Å². The van der Waals surface area contributed by atoms with E-state index in [9.17, 15) is 18.0 Å². The highest BCUT2D eigenvalue weighted by Gasteiger charge is 2.32. The predicted octanol–water partition coefficient (Wildman–Crippen LogP) is 2.34. The fourth-order valence-electron chi connectivity index (χ4n) is 1.34. The Morgan fingerprint density at radius 2 is 2.00 bits per heavy atom. The van der Waals surface area contributed by atoms with Crippen molar-refractivity contribution in [3.63, 3.8) is 0 Å². The van der Waals surface area contributed by atoms with Crippen molar-refractivity contribution < 1.29 is 27.8 Å². The molecule has 0 aliphatic rings. The molecule has 0 heterocycles. The average molecular weight is 277 g/mol. The minimum absolute atomic E-state index is 0.0673. The third kappa shape index (κ3) is 4.44. The maximum absolute atomic E-state index is 12.5. The second kappa shape index (κ2) is 5.92. The number of hydrogen-bond acceptors (Lipinski definition) is 3. The van der Waals surface area contributed by atoms with Gasteiger partial charge in [-0.15, -0.1) is 0 Å². The Morgan fingerprint density at radius 1 is 1.37 bits per heavy atom. The van der Waals surface area contributed by atoms with E-state index in [1.165, 1.54) is 0 Å². The van der Waals surface area contributed by atoms with Crippen LogP contribution in [0.1, 0.15) is 15.9 Å². The van der Waals surface area contributed by atoms with Gasteiger partial charge < -0.3 is 14.7 Å². The number of carbonyl (C=O) groups is 1. The fourth-order valence-corrected chi connectivity index (χ4v) is 1.34. The quantitative estimate of drug-likeness (QED) is 0.897. The van der Waals surface area contributed by atoms with E-state index in [-0.39, 0.29) is 12.4 Å². The molecule has 1 N–H and O–H groups in total. The predicted molar refractivity (Wildman–Crippen MR) is 62.5 cm³/mol. The number of rotatable bonds is 5. The molecule has 0 aromatic heterocycles. The molecule has 0 unspecified atom stereocenters. The minimum atomic E-state index is -4.58. The van der Waals surface area contributed by atoms with Crippen molar-refractivity contribution in [1.29, 1.82) is 0 Å². The monoisotopic (exact) mass is 277 g/mol. The van der Waals surface area contributed by atoms with Gasteiger partial charge in [0.25, 0.3) is 0 Å². The standard InChI is InChI=1S/C12H14F3NO3/c1-16(2)5-6-19-10-4-3-8(12(13,14)15)7-9(10)11(17)18/h3-4,7H,5-6H2,1-2H3,(H,17,18). The van der Waals surface area contributed by atoms with Crippen LogP contribution in [0.4, 0.5) is 13.2 Å². The minimum Gasteiger partial charge on any atom is -0.491 e. The Bertz CT molecular complexity index is 458. The lowest BCUT2D eigenvalue weighted by Crippen LogP contribution is -2.20. The summed E-state index contributed by atoms with van der Waals surface area (Å²) in [4.78, 5) is 12.8. The Hall–Kier alpha value is -1.76. The van der Waals surface area contributed by atoms with E-state index in [1.807, 2.05) is 4.90 Å². The highest BCUT2D eigenvalue weighted by atomic mass is 19.4. The van der Waals surface area contributed by atoms with Crippen molar-refractivity contribution in [3.8, 4) is 5.75 Å². The number of hydrogen-bond donors (Lipinski definition) is 1. The van der Waals surface area contributed by atoms with Gasteiger partial charge >= 0.3 is 12.1 Å². The van der Waals surface area contributed by atoms with Gasteiger partial charge in [0, 0.05) is 6.54 Å². The first kappa shape index (κ1) is 15.3. The van der Waals surface area contributed by atoms with Crippen LogP contribution in [0.25, 0.3) is 0 Å². The SMILES string of the molecule is CN(C)CCOc1ccc(C(F)(F)F)cc1C(=O)O. The van der Waals surface area contributed by atoms with E-state index in [2.05, 4.69) is 0 Å². The van der Waals surface area contributed by atoms with Crippen LogP contribution in [0.2, 0.25) is 0 Å². The second-order valence-corrected chi connectivity index (χ2v) is 4.17. The van der Waals surface area contributed by atoms with Crippen LogP contribution in [0, 0.1) is 0 Å². The molecule has 7 heteroatoms. The van der Waals surface area contributed by atoms with Crippen LogP contribution in [0.5, 0.6) is 5.75 Å². The van der Waals surface area contributed by atoms with Crippen LogP contribution < -0.4 is 4.74 Å². The third-order valence-corrected chi connectivity index (χ3v) is 2.33. The summed E-state index contributed by atoms with van der Waals surface area (Å²) in [7, 11) is 3.60. The largest absolute Gasteiger partial charge is 0.491 e. The van der Waals surface area contributed by atoms with Gasteiger partial charge in [0.2, 0.25) is 0 Å². The summed E-state index contributed by atoms with van der Waals surface area (Å²) < 4.78 is 42.6. The maximum Gasteiger partial charge on any atom is 0.416 e. The molecule has 0 aliphatic heterocycles. The molecule has 0 aliphatic carbocycles. The molecule has 4 nitrogen and oxygen atoms in total. The molecule has 106 valence electrons. The molecule has 0 spiro atoms. The normalized spacial score (nSPS) is 11.7. The number of nitrogens with zero attached hydrogens (tertiary/aromatic N) is 1. The van der Waals surface area contributed by atoms with E-state index < -0.39 is 23.3 Å². The highest BCUT2D eigenvalue weighted by molar-refractivity contribution is 5.91. The van der Waals surface area contributed by atoms with Gasteiger partial charge in [-0.1, -0.05) is 0 Å².